The van der Waals surface area contributed by atoms with Gasteiger partial charge in [0.1, 0.15) is 5.02 Å². The molecule has 0 aromatic carbocycles. The van der Waals surface area contributed by atoms with Gasteiger partial charge in [0, 0.05) is 11.4 Å². The van der Waals surface area contributed by atoms with Crippen molar-refractivity contribution >= 4 is 28.6 Å². The molecule has 0 amide bonds. The van der Waals surface area contributed by atoms with E-state index in [1.807, 2.05) is 24.4 Å². The van der Waals surface area contributed by atoms with Crippen molar-refractivity contribution in [3.63, 3.8) is 0 Å². The lowest BCUT2D eigenvalue weighted by Crippen LogP contribution is -2.24. The van der Waals surface area contributed by atoms with Crippen molar-refractivity contribution in [2.45, 2.75) is 39.3 Å². The average molecular weight is 312 g/mol. The predicted molar refractivity (Wildman–Crippen MR) is 84.8 cm³/mol. The van der Waals surface area contributed by atoms with Crippen LogP contribution in [0, 0.1) is 0 Å². The number of hydrogen-bond acceptors (Lipinski definition) is 4. The van der Waals surface area contributed by atoms with Crippen LogP contribution in [-0.2, 0) is 6.54 Å². The minimum atomic E-state index is -0.233. The summed E-state index contributed by atoms with van der Waals surface area (Å²) in [6.07, 6.45) is 3.56. The van der Waals surface area contributed by atoms with Gasteiger partial charge in [-0.05, 0) is 24.8 Å². The van der Waals surface area contributed by atoms with Gasteiger partial charge in [0.25, 0.3) is 5.56 Å². The van der Waals surface area contributed by atoms with E-state index < -0.39 is 0 Å². The first kappa shape index (κ1) is 15.1. The molecule has 0 radical (unpaired) electrons. The Balaban J connectivity index is 2.17. The number of hydrogen-bond donors (Lipinski definition) is 1. The standard InChI is InChI=1S/C14H18ClN3OS/c1-3-4-7-18-14(19)13(15)11(9-16-18)17-10(2)12-6-5-8-20-12/h5-6,8-10,17H,3-4,7H2,1-2H3. The Kier molecular flexibility index (Phi) is 5.20. The first-order valence-electron chi connectivity index (χ1n) is 6.69. The average Bonchev–Trinajstić information content (AvgIpc) is 2.97. The van der Waals surface area contributed by atoms with E-state index in [2.05, 4.69) is 17.3 Å². The predicted octanol–water partition coefficient (Wildman–Crippen LogP) is 3.93. The maximum atomic E-state index is 12.1. The SMILES string of the molecule is CCCCn1ncc(NC(C)c2cccs2)c(Cl)c1=O. The smallest absolute Gasteiger partial charge is 0.287 e. The number of thiophene rings is 1. The second-order valence-electron chi connectivity index (χ2n) is 4.64. The fraction of sp³-hybridized carbons (Fsp3) is 0.429. The Morgan fingerprint density at radius 3 is 3.00 bits per heavy atom. The van der Waals surface area contributed by atoms with E-state index in [1.54, 1.807) is 17.5 Å². The van der Waals surface area contributed by atoms with Crippen LogP contribution in [0.5, 0.6) is 0 Å². The number of anilines is 1. The molecule has 0 spiro atoms. The van der Waals surface area contributed by atoms with Gasteiger partial charge in [-0.3, -0.25) is 4.79 Å². The third-order valence-corrected chi connectivity index (χ3v) is 4.47. The van der Waals surface area contributed by atoms with Crippen molar-refractivity contribution in [3.8, 4) is 0 Å². The van der Waals surface area contributed by atoms with Crippen molar-refractivity contribution in [1.82, 2.24) is 9.78 Å². The van der Waals surface area contributed by atoms with Crippen LogP contribution in [0.25, 0.3) is 0 Å². The van der Waals surface area contributed by atoms with Gasteiger partial charge >= 0.3 is 0 Å². The highest BCUT2D eigenvalue weighted by Gasteiger charge is 2.12. The summed E-state index contributed by atoms with van der Waals surface area (Å²) < 4.78 is 1.42. The van der Waals surface area contributed by atoms with Crippen LogP contribution in [0.3, 0.4) is 0 Å². The van der Waals surface area contributed by atoms with Gasteiger partial charge in [0.05, 0.1) is 17.9 Å². The summed E-state index contributed by atoms with van der Waals surface area (Å²) in [5.41, 5.74) is 0.355. The lowest BCUT2D eigenvalue weighted by atomic mass is 10.2. The molecule has 0 saturated heterocycles. The summed E-state index contributed by atoms with van der Waals surface area (Å²) in [7, 11) is 0. The highest BCUT2D eigenvalue weighted by molar-refractivity contribution is 7.10. The normalized spacial score (nSPS) is 12.3. The highest BCUT2D eigenvalue weighted by atomic mass is 35.5. The fourth-order valence-corrected chi connectivity index (χ4v) is 2.81. The number of rotatable bonds is 6. The number of nitrogens with zero attached hydrogens (tertiary/aromatic N) is 2. The summed E-state index contributed by atoms with van der Waals surface area (Å²) in [4.78, 5) is 13.3. The Morgan fingerprint density at radius 2 is 2.35 bits per heavy atom. The van der Waals surface area contributed by atoms with E-state index in [0.29, 0.717) is 12.2 Å². The molecular weight excluding hydrogens is 294 g/mol. The van der Waals surface area contributed by atoms with Crippen molar-refractivity contribution in [3.05, 3.63) is 44.0 Å². The zero-order chi connectivity index (χ0) is 14.5. The summed E-state index contributed by atoms with van der Waals surface area (Å²) in [5.74, 6) is 0. The monoisotopic (exact) mass is 311 g/mol. The summed E-state index contributed by atoms with van der Waals surface area (Å²) in [5, 5.41) is 9.64. The molecule has 1 N–H and O–H groups in total. The molecule has 0 aliphatic carbocycles. The quantitative estimate of drug-likeness (QED) is 0.879. The van der Waals surface area contributed by atoms with Gasteiger partial charge in [-0.25, -0.2) is 4.68 Å². The van der Waals surface area contributed by atoms with Crippen molar-refractivity contribution in [2.75, 3.05) is 5.32 Å². The van der Waals surface area contributed by atoms with Gasteiger partial charge in [-0.15, -0.1) is 11.3 Å². The lowest BCUT2D eigenvalue weighted by molar-refractivity contribution is 0.543. The van der Waals surface area contributed by atoms with Crippen LogP contribution in [0.15, 0.2) is 28.5 Å². The summed E-state index contributed by atoms with van der Waals surface area (Å²) >= 11 is 7.82. The molecule has 2 heterocycles. The zero-order valence-corrected chi connectivity index (χ0v) is 13.2. The van der Waals surface area contributed by atoms with Gasteiger partial charge in [0.2, 0.25) is 0 Å². The molecule has 0 aliphatic heterocycles. The number of aromatic nitrogens is 2. The van der Waals surface area contributed by atoms with E-state index >= 15 is 0 Å². The molecule has 0 fully saturated rings. The molecule has 4 nitrogen and oxygen atoms in total. The Labute approximate surface area is 127 Å². The zero-order valence-electron chi connectivity index (χ0n) is 11.6. The largest absolute Gasteiger partial charge is 0.375 e. The van der Waals surface area contributed by atoms with E-state index in [4.69, 9.17) is 11.6 Å². The number of nitrogens with one attached hydrogen (secondary N) is 1. The van der Waals surface area contributed by atoms with Crippen LogP contribution in [0.4, 0.5) is 5.69 Å². The Morgan fingerprint density at radius 1 is 1.55 bits per heavy atom. The van der Waals surface area contributed by atoms with Crippen LogP contribution in [0.2, 0.25) is 5.02 Å². The lowest BCUT2D eigenvalue weighted by Gasteiger charge is -2.15. The van der Waals surface area contributed by atoms with Crippen molar-refractivity contribution in [2.24, 2.45) is 0 Å². The van der Waals surface area contributed by atoms with Gasteiger partial charge < -0.3 is 5.32 Å². The van der Waals surface area contributed by atoms with Gasteiger partial charge in [0.15, 0.2) is 0 Å². The molecule has 20 heavy (non-hydrogen) atoms. The van der Waals surface area contributed by atoms with E-state index in [0.717, 1.165) is 12.8 Å². The molecule has 2 aromatic rings. The number of aryl methyl sites for hydroxylation is 1. The van der Waals surface area contributed by atoms with Gasteiger partial charge in [-0.2, -0.15) is 5.10 Å². The molecule has 6 heteroatoms. The van der Waals surface area contributed by atoms with E-state index in [9.17, 15) is 4.79 Å². The Bertz CT molecular complexity index is 609. The first-order chi connectivity index (χ1) is 9.63. The van der Waals surface area contributed by atoms with Crippen LogP contribution in [0.1, 0.15) is 37.6 Å². The van der Waals surface area contributed by atoms with Crippen LogP contribution < -0.4 is 10.9 Å². The van der Waals surface area contributed by atoms with Crippen LogP contribution in [-0.4, -0.2) is 9.78 Å². The summed E-state index contributed by atoms with van der Waals surface area (Å²) in [6.45, 7) is 4.71. The van der Waals surface area contributed by atoms with Crippen molar-refractivity contribution in [1.29, 1.82) is 0 Å². The Hall–Kier alpha value is -1.33. The maximum Gasteiger partial charge on any atom is 0.287 e. The molecule has 1 unspecified atom stereocenters. The second kappa shape index (κ2) is 6.90. The third-order valence-electron chi connectivity index (χ3n) is 3.05. The highest BCUT2D eigenvalue weighted by Crippen LogP contribution is 2.25. The van der Waals surface area contributed by atoms with E-state index in [1.165, 1.54) is 9.56 Å². The molecule has 2 rings (SSSR count). The molecule has 0 saturated carbocycles. The van der Waals surface area contributed by atoms with E-state index in [-0.39, 0.29) is 16.6 Å². The fourth-order valence-electron chi connectivity index (χ4n) is 1.87. The van der Waals surface area contributed by atoms with Crippen molar-refractivity contribution < 1.29 is 0 Å². The third kappa shape index (κ3) is 3.41. The summed E-state index contributed by atoms with van der Waals surface area (Å²) in [6, 6.07) is 4.15. The maximum absolute atomic E-state index is 12.1. The number of unbranched alkanes of at least 4 members (excludes halogenated alkanes) is 1. The molecule has 2 aromatic heterocycles. The van der Waals surface area contributed by atoms with Gasteiger partial charge in [-0.1, -0.05) is 31.0 Å². The minimum Gasteiger partial charge on any atom is -0.375 e. The number of halogens is 1. The molecule has 1 atom stereocenters. The topological polar surface area (TPSA) is 46.9 Å². The minimum absolute atomic E-state index is 0.0974. The first-order valence-corrected chi connectivity index (χ1v) is 7.94. The van der Waals surface area contributed by atoms with Crippen LogP contribution >= 0.6 is 22.9 Å². The molecular formula is C14H18ClN3OS. The molecule has 0 bridgehead atoms. The second-order valence-corrected chi connectivity index (χ2v) is 5.99. The molecule has 108 valence electrons. The molecule has 0 aliphatic rings.